The van der Waals surface area contributed by atoms with Gasteiger partial charge in [-0.25, -0.2) is 9.79 Å². The SMILES string of the molecule is CCOC(=O)C=Cc1cc(Br)ccc1N=C(NC#N)SC. The zero-order valence-corrected chi connectivity index (χ0v) is 14.0. The van der Waals surface area contributed by atoms with Crippen LogP contribution in [-0.4, -0.2) is 24.0 Å². The van der Waals surface area contributed by atoms with E-state index in [4.69, 9.17) is 10.00 Å². The molecule has 1 aromatic rings. The molecule has 110 valence electrons. The van der Waals surface area contributed by atoms with Gasteiger partial charge in [0.2, 0.25) is 0 Å². The number of carbonyl (C=O) groups excluding carboxylic acids is 1. The van der Waals surface area contributed by atoms with Gasteiger partial charge < -0.3 is 4.74 Å². The van der Waals surface area contributed by atoms with Crippen molar-refractivity contribution in [2.45, 2.75) is 6.92 Å². The third-order valence-electron chi connectivity index (χ3n) is 2.25. The van der Waals surface area contributed by atoms with Crippen molar-refractivity contribution in [1.29, 1.82) is 5.26 Å². The fourth-order valence-electron chi connectivity index (χ4n) is 1.39. The molecule has 0 atom stereocenters. The molecule has 5 nitrogen and oxygen atoms in total. The number of halogens is 1. The Bertz CT molecular complexity index is 609. The molecule has 0 aliphatic carbocycles. The van der Waals surface area contributed by atoms with Crippen LogP contribution >= 0.6 is 27.7 Å². The molecule has 1 rings (SSSR count). The highest BCUT2D eigenvalue weighted by Gasteiger charge is 2.03. The Morgan fingerprint density at radius 1 is 1.62 bits per heavy atom. The van der Waals surface area contributed by atoms with Gasteiger partial charge in [0.05, 0.1) is 12.3 Å². The number of amidine groups is 1. The summed E-state index contributed by atoms with van der Waals surface area (Å²) in [7, 11) is 0. The van der Waals surface area contributed by atoms with Gasteiger partial charge in [0.25, 0.3) is 0 Å². The van der Waals surface area contributed by atoms with Crippen LogP contribution in [0.4, 0.5) is 5.69 Å². The summed E-state index contributed by atoms with van der Waals surface area (Å²) in [5.74, 6) is -0.410. The van der Waals surface area contributed by atoms with Crippen molar-refractivity contribution in [2.75, 3.05) is 12.9 Å². The minimum absolute atomic E-state index is 0.329. The maximum absolute atomic E-state index is 11.4. The van der Waals surface area contributed by atoms with Gasteiger partial charge in [0.1, 0.15) is 0 Å². The van der Waals surface area contributed by atoms with Crippen LogP contribution in [0.2, 0.25) is 0 Å². The first-order chi connectivity index (χ1) is 10.1. The first-order valence-electron chi connectivity index (χ1n) is 6.02. The average molecular weight is 368 g/mol. The third kappa shape index (κ3) is 6.02. The summed E-state index contributed by atoms with van der Waals surface area (Å²) in [5.41, 5.74) is 1.38. The van der Waals surface area contributed by atoms with Crippen molar-refractivity contribution in [3.63, 3.8) is 0 Å². The summed E-state index contributed by atoms with van der Waals surface area (Å²) in [6.45, 7) is 2.08. The molecule has 0 radical (unpaired) electrons. The van der Waals surface area contributed by atoms with E-state index >= 15 is 0 Å². The molecule has 0 spiro atoms. The topological polar surface area (TPSA) is 74.5 Å². The second kappa shape index (κ2) is 9.21. The Hall–Kier alpha value is -1.78. The molecule has 7 heteroatoms. The van der Waals surface area contributed by atoms with Crippen LogP contribution < -0.4 is 5.32 Å². The van der Waals surface area contributed by atoms with Gasteiger partial charge in [0, 0.05) is 16.1 Å². The first kappa shape index (κ1) is 17.3. The molecule has 0 saturated carbocycles. The number of nitrogens with one attached hydrogen (secondary N) is 1. The second-order valence-electron chi connectivity index (χ2n) is 3.65. The molecule has 1 N–H and O–H groups in total. The molecule has 0 saturated heterocycles. The van der Waals surface area contributed by atoms with E-state index in [0.29, 0.717) is 17.5 Å². The van der Waals surface area contributed by atoms with Crippen molar-refractivity contribution in [3.8, 4) is 6.19 Å². The van der Waals surface area contributed by atoms with Gasteiger partial charge in [-0.1, -0.05) is 27.7 Å². The maximum atomic E-state index is 11.4. The number of aliphatic imine (C=N–C) groups is 1. The number of esters is 1. The Kier molecular flexibility index (Phi) is 7.58. The number of thioether (sulfide) groups is 1. The molecule has 0 fully saturated rings. The highest BCUT2D eigenvalue weighted by Crippen LogP contribution is 2.25. The average Bonchev–Trinajstić information content (AvgIpc) is 2.47. The molecule has 0 bridgehead atoms. The van der Waals surface area contributed by atoms with Crippen LogP contribution in [0.15, 0.2) is 33.7 Å². The number of nitrogens with zero attached hydrogens (tertiary/aromatic N) is 2. The number of hydrogen-bond acceptors (Lipinski definition) is 5. The van der Waals surface area contributed by atoms with E-state index in [2.05, 4.69) is 26.2 Å². The summed E-state index contributed by atoms with van der Waals surface area (Å²) < 4.78 is 5.71. The van der Waals surface area contributed by atoms with E-state index < -0.39 is 5.97 Å². The van der Waals surface area contributed by atoms with Gasteiger partial charge in [-0.3, -0.25) is 5.32 Å². The maximum Gasteiger partial charge on any atom is 0.330 e. The lowest BCUT2D eigenvalue weighted by atomic mass is 10.1. The van der Waals surface area contributed by atoms with Crippen LogP contribution in [0.5, 0.6) is 0 Å². The predicted molar refractivity (Wildman–Crippen MR) is 89.2 cm³/mol. The van der Waals surface area contributed by atoms with Crippen molar-refractivity contribution in [3.05, 3.63) is 34.3 Å². The fraction of sp³-hybridized carbons (Fsp3) is 0.214. The van der Waals surface area contributed by atoms with E-state index in [1.165, 1.54) is 17.8 Å². The fourth-order valence-corrected chi connectivity index (χ4v) is 2.11. The standard InChI is InChI=1S/C14H14BrN3O2S/c1-3-20-13(19)7-4-10-8-11(15)5-6-12(10)18-14(21-2)17-9-16/h4-8H,3H2,1-2H3,(H,17,18). The van der Waals surface area contributed by atoms with Crippen LogP contribution in [0.3, 0.4) is 0 Å². The minimum atomic E-state index is -0.410. The van der Waals surface area contributed by atoms with E-state index in [1.54, 1.807) is 19.1 Å². The van der Waals surface area contributed by atoms with Crippen LogP contribution in [0, 0.1) is 11.5 Å². The monoisotopic (exact) mass is 367 g/mol. The molecular formula is C14H14BrN3O2S. The summed E-state index contributed by atoms with van der Waals surface area (Å²) in [5, 5.41) is 11.6. The van der Waals surface area contributed by atoms with Crippen molar-refractivity contribution in [1.82, 2.24) is 5.32 Å². The smallest absolute Gasteiger partial charge is 0.330 e. The van der Waals surface area contributed by atoms with Crippen LogP contribution in [-0.2, 0) is 9.53 Å². The Morgan fingerprint density at radius 2 is 2.38 bits per heavy atom. The van der Waals surface area contributed by atoms with E-state index in [0.717, 1.165) is 10.0 Å². The summed E-state index contributed by atoms with van der Waals surface area (Å²) in [6, 6.07) is 5.47. The van der Waals surface area contributed by atoms with Crippen LogP contribution in [0.1, 0.15) is 12.5 Å². The van der Waals surface area contributed by atoms with E-state index in [1.807, 2.05) is 24.6 Å². The Morgan fingerprint density at radius 3 is 3.00 bits per heavy atom. The van der Waals surface area contributed by atoms with Gasteiger partial charge >= 0.3 is 5.97 Å². The zero-order valence-electron chi connectivity index (χ0n) is 11.6. The zero-order chi connectivity index (χ0) is 15.7. The molecule has 0 unspecified atom stereocenters. The lowest BCUT2D eigenvalue weighted by Gasteiger charge is -2.04. The molecule has 0 aliphatic rings. The predicted octanol–water partition coefficient (Wildman–Crippen LogP) is 3.45. The summed E-state index contributed by atoms with van der Waals surface area (Å²) in [4.78, 5) is 15.7. The molecule has 21 heavy (non-hydrogen) atoms. The van der Waals surface area contributed by atoms with Gasteiger partial charge in [0.15, 0.2) is 11.4 Å². The Labute approximate surface area is 136 Å². The number of benzene rings is 1. The molecule has 1 aromatic carbocycles. The molecule has 0 heterocycles. The molecule has 0 amide bonds. The minimum Gasteiger partial charge on any atom is -0.463 e. The van der Waals surface area contributed by atoms with Gasteiger partial charge in [-0.05, 0) is 37.5 Å². The molecule has 0 aliphatic heterocycles. The number of nitriles is 1. The lowest BCUT2D eigenvalue weighted by molar-refractivity contribution is -0.137. The normalized spacial score (nSPS) is 11.2. The van der Waals surface area contributed by atoms with E-state index in [-0.39, 0.29) is 0 Å². The first-order valence-corrected chi connectivity index (χ1v) is 8.04. The van der Waals surface area contributed by atoms with Crippen molar-refractivity contribution >= 4 is 50.6 Å². The van der Waals surface area contributed by atoms with E-state index in [9.17, 15) is 4.79 Å². The number of hydrogen-bond donors (Lipinski definition) is 1. The summed E-state index contributed by atoms with van der Waals surface area (Å²) >= 11 is 4.70. The largest absolute Gasteiger partial charge is 0.463 e. The van der Waals surface area contributed by atoms with Crippen molar-refractivity contribution in [2.24, 2.45) is 4.99 Å². The highest BCUT2D eigenvalue weighted by molar-refractivity contribution is 9.10. The molecular weight excluding hydrogens is 354 g/mol. The van der Waals surface area contributed by atoms with Gasteiger partial charge in [-0.15, -0.1) is 0 Å². The quantitative estimate of drug-likeness (QED) is 0.220. The van der Waals surface area contributed by atoms with Crippen molar-refractivity contribution < 1.29 is 9.53 Å². The third-order valence-corrected chi connectivity index (χ3v) is 3.33. The van der Waals surface area contributed by atoms with Crippen LogP contribution in [0.25, 0.3) is 6.08 Å². The highest BCUT2D eigenvalue weighted by atomic mass is 79.9. The Balaban J connectivity index is 3.11. The second-order valence-corrected chi connectivity index (χ2v) is 5.36. The van der Waals surface area contributed by atoms with Gasteiger partial charge in [-0.2, -0.15) is 5.26 Å². The number of carbonyl (C=O) groups is 1. The number of rotatable bonds is 4. The summed E-state index contributed by atoms with van der Waals surface area (Å²) in [6.07, 6.45) is 6.63. The lowest BCUT2D eigenvalue weighted by Crippen LogP contribution is -2.12. The number of ether oxygens (including phenoxy) is 1. The molecule has 0 aromatic heterocycles.